The lowest BCUT2D eigenvalue weighted by molar-refractivity contribution is 0.0774. The summed E-state index contributed by atoms with van der Waals surface area (Å²) in [4.78, 5) is 5.52. The van der Waals surface area contributed by atoms with Gasteiger partial charge in [0.2, 0.25) is 0 Å². The van der Waals surface area contributed by atoms with Gasteiger partial charge in [-0.3, -0.25) is 9.80 Å². The first kappa shape index (κ1) is 12.6. The quantitative estimate of drug-likeness (QED) is 0.638. The molecule has 19 heavy (non-hydrogen) atoms. The number of rotatable bonds is 0. The molecular formula is C15H28N4. The molecular weight excluding hydrogens is 236 g/mol. The summed E-state index contributed by atoms with van der Waals surface area (Å²) in [7, 11) is 0. The average Bonchev–Trinajstić information content (AvgIpc) is 3.09. The first-order valence-corrected chi connectivity index (χ1v) is 8.40. The Balaban J connectivity index is 1.61. The molecule has 2 N–H and O–H groups in total. The smallest absolute Gasteiger partial charge is 0.0823 e. The molecule has 0 amide bonds. The molecule has 0 aliphatic carbocycles. The van der Waals surface area contributed by atoms with Gasteiger partial charge in [0, 0.05) is 13.1 Å². The van der Waals surface area contributed by atoms with E-state index in [1.807, 2.05) is 0 Å². The molecule has 108 valence electrons. The summed E-state index contributed by atoms with van der Waals surface area (Å²) in [5, 5.41) is 7.65. The normalized spacial score (nSPS) is 47.7. The molecule has 4 heteroatoms. The van der Waals surface area contributed by atoms with Crippen LogP contribution < -0.4 is 10.6 Å². The van der Waals surface area contributed by atoms with E-state index in [0.717, 1.165) is 0 Å². The van der Waals surface area contributed by atoms with E-state index in [4.69, 9.17) is 0 Å². The molecule has 0 saturated carbocycles. The standard InChI is InChI=1S/C15H28N4/c1-2-4-10-18-11-5-8-16-13(18)15(7-3-1)14-17-9-6-12-19(14)15/h13-14,16-17H,1-12H2. The van der Waals surface area contributed by atoms with E-state index in [2.05, 4.69) is 20.4 Å². The number of nitrogens with zero attached hydrogens (tertiary/aromatic N) is 2. The predicted molar refractivity (Wildman–Crippen MR) is 76.9 cm³/mol. The third kappa shape index (κ3) is 1.96. The highest BCUT2D eigenvalue weighted by Crippen LogP contribution is 2.49. The Morgan fingerprint density at radius 1 is 0.737 bits per heavy atom. The van der Waals surface area contributed by atoms with Crippen LogP contribution in [0.25, 0.3) is 0 Å². The van der Waals surface area contributed by atoms with Crippen LogP contribution in [0.4, 0.5) is 0 Å². The van der Waals surface area contributed by atoms with E-state index in [1.165, 1.54) is 77.7 Å². The summed E-state index contributed by atoms with van der Waals surface area (Å²) in [6.07, 6.45) is 11.0. The molecule has 4 fully saturated rings. The predicted octanol–water partition coefficient (Wildman–Crippen LogP) is 0.946. The average molecular weight is 264 g/mol. The van der Waals surface area contributed by atoms with E-state index in [1.54, 1.807) is 0 Å². The fourth-order valence-electron chi connectivity index (χ4n) is 4.83. The Morgan fingerprint density at radius 2 is 1.47 bits per heavy atom. The van der Waals surface area contributed by atoms with Gasteiger partial charge in [0.05, 0.1) is 17.9 Å². The lowest BCUT2D eigenvalue weighted by Gasteiger charge is -2.41. The van der Waals surface area contributed by atoms with Crippen LogP contribution in [0.3, 0.4) is 0 Å². The Morgan fingerprint density at radius 3 is 2.32 bits per heavy atom. The third-order valence-electron chi connectivity index (χ3n) is 5.74. The second-order valence-electron chi connectivity index (χ2n) is 6.81. The van der Waals surface area contributed by atoms with Crippen molar-refractivity contribution in [3.63, 3.8) is 0 Å². The zero-order valence-electron chi connectivity index (χ0n) is 12.0. The third-order valence-corrected chi connectivity index (χ3v) is 5.74. The van der Waals surface area contributed by atoms with Gasteiger partial charge >= 0.3 is 0 Å². The molecule has 0 aromatic heterocycles. The van der Waals surface area contributed by atoms with Crippen molar-refractivity contribution in [3.05, 3.63) is 0 Å². The molecule has 4 atom stereocenters. The van der Waals surface area contributed by atoms with E-state index in [9.17, 15) is 0 Å². The van der Waals surface area contributed by atoms with Crippen LogP contribution in [0.1, 0.15) is 44.9 Å². The van der Waals surface area contributed by atoms with Crippen molar-refractivity contribution in [3.8, 4) is 0 Å². The van der Waals surface area contributed by atoms with Crippen LogP contribution in [0.15, 0.2) is 0 Å². The highest BCUT2D eigenvalue weighted by molar-refractivity contribution is 5.22. The maximum Gasteiger partial charge on any atom is 0.0823 e. The lowest BCUT2D eigenvalue weighted by Crippen LogP contribution is -2.61. The monoisotopic (exact) mass is 264 g/mol. The summed E-state index contributed by atoms with van der Waals surface area (Å²) >= 11 is 0. The van der Waals surface area contributed by atoms with E-state index < -0.39 is 0 Å². The minimum Gasteiger partial charge on any atom is -0.300 e. The summed E-state index contributed by atoms with van der Waals surface area (Å²) in [6, 6.07) is 0. The lowest BCUT2D eigenvalue weighted by atomic mass is 9.94. The molecule has 4 aliphatic heterocycles. The Labute approximate surface area is 116 Å². The summed E-state index contributed by atoms with van der Waals surface area (Å²) < 4.78 is 0. The second kappa shape index (κ2) is 4.99. The number of nitrogens with one attached hydrogen (secondary N) is 2. The maximum absolute atomic E-state index is 3.87. The van der Waals surface area contributed by atoms with E-state index in [-0.39, 0.29) is 0 Å². The van der Waals surface area contributed by atoms with Crippen LogP contribution in [0.2, 0.25) is 0 Å². The molecule has 4 rings (SSSR count). The molecule has 0 bridgehead atoms. The van der Waals surface area contributed by atoms with Crippen molar-refractivity contribution >= 4 is 0 Å². The summed E-state index contributed by atoms with van der Waals surface area (Å²) in [5.41, 5.74) is 0.418. The van der Waals surface area contributed by atoms with Crippen LogP contribution in [-0.2, 0) is 0 Å². The van der Waals surface area contributed by atoms with Crippen molar-refractivity contribution in [2.24, 2.45) is 0 Å². The van der Waals surface area contributed by atoms with Crippen LogP contribution in [-0.4, -0.2) is 60.4 Å². The van der Waals surface area contributed by atoms with Crippen molar-refractivity contribution in [1.29, 1.82) is 0 Å². The van der Waals surface area contributed by atoms with Gasteiger partial charge in [-0.25, -0.2) is 0 Å². The minimum absolute atomic E-state index is 0.418. The largest absolute Gasteiger partial charge is 0.300 e. The highest BCUT2D eigenvalue weighted by Gasteiger charge is 2.67. The van der Waals surface area contributed by atoms with Crippen LogP contribution >= 0.6 is 0 Å². The van der Waals surface area contributed by atoms with E-state index >= 15 is 0 Å². The molecule has 0 aromatic rings. The van der Waals surface area contributed by atoms with Gasteiger partial charge in [0.1, 0.15) is 0 Å². The minimum atomic E-state index is 0.418. The zero-order valence-corrected chi connectivity index (χ0v) is 12.0. The molecule has 0 radical (unpaired) electrons. The summed E-state index contributed by atoms with van der Waals surface area (Å²) in [6.45, 7) is 6.35. The molecule has 4 unspecified atom stereocenters. The number of hydrogen-bond acceptors (Lipinski definition) is 4. The molecule has 0 aromatic carbocycles. The fraction of sp³-hybridized carbons (Fsp3) is 1.00. The number of fused-ring (bicyclic) bond motifs is 5. The Kier molecular flexibility index (Phi) is 3.30. The van der Waals surface area contributed by atoms with Gasteiger partial charge in [-0.05, 0) is 45.3 Å². The van der Waals surface area contributed by atoms with Gasteiger partial charge in [0.15, 0.2) is 0 Å². The molecule has 4 aliphatic rings. The van der Waals surface area contributed by atoms with Crippen molar-refractivity contribution < 1.29 is 0 Å². The summed E-state index contributed by atoms with van der Waals surface area (Å²) in [5.74, 6) is 0. The van der Waals surface area contributed by atoms with Gasteiger partial charge < -0.3 is 10.6 Å². The van der Waals surface area contributed by atoms with Gasteiger partial charge in [-0.1, -0.05) is 19.3 Å². The highest BCUT2D eigenvalue weighted by atomic mass is 15.6. The first-order chi connectivity index (χ1) is 9.43. The topological polar surface area (TPSA) is 30.3 Å². The van der Waals surface area contributed by atoms with Crippen LogP contribution in [0, 0.1) is 0 Å². The molecule has 1 spiro atoms. The fourth-order valence-corrected chi connectivity index (χ4v) is 4.83. The Hall–Kier alpha value is -0.160. The molecule has 4 nitrogen and oxygen atoms in total. The number of hydrogen-bond donors (Lipinski definition) is 2. The van der Waals surface area contributed by atoms with E-state index in [0.29, 0.717) is 17.9 Å². The van der Waals surface area contributed by atoms with Gasteiger partial charge in [-0.2, -0.15) is 0 Å². The van der Waals surface area contributed by atoms with Crippen molar-refractivity contribution in [2.45, 2.75) is 62.8 Å². The Bertz CT molecular complexity index is 320. The first-order valence-electron chi connectivity index (χ1n) is 8.40. The van der Waals surface area contributed by atoms with Gasteiger partial charge in [-0.15, -0.1) is 0 Å². The van der Waals surface area contributed by atoms with Gasteiger partial charge in [0.25, 0.3) is 0 Å². The molecule has 4 saturated heterocycles. The second-order valence-corrected chi connectivity index (χ2v) is 6.81. The SMILES string of the molecule is C1CCCC2(C3NCCCN3CC1)C1NCCCN12. The zero-order chi connectivity index (χ0) is 12.7. The maximum atomic E-state index is 3.87. The molecule has 4 heterocycles. The van der Waals surface area contributed by atoms with Crippen molar-refractivity contribution in [2.75, 3.05) is 32.7 Å². The van der Waals surface area contributed by atoms with Crippen molar-refractivity contribution in [1.82, 2.24) is 20.4 Å². The van der Waals surface area contributed by atoms with Crippen LogP contribution in [0.5, 0.6) is 0 Å².